The van der Waals surface area contributed by atoms with Crippen LogP contribution in [0.25, 0.3) is 11.1 Å². The van der Waals surface area contributed by atoms with Crippen molar-refractivity contribution in [3.63, 3.8) is 0 Å². The van der Waals surface area contributed by atoms with E-state index in [1.54, 1.807) is 0 Å². The Balaban J connectivity index is 1.38. The molecular weight excluding hydrogens is 266 g/mol. The molecule has 2 fully saturated rings. The van der Waals surface area contributed by atoms with E-state index >= 15 is 0 Å². The van der Waals surface area contributed by atoms with Crippen molar-refractivity contribution in [3.05, 3.63) is 24.3 Å². The third kappa shape index (κ3) is 2.76. The normalized spacial score (nSPS) is 24.0. The van der Waals surface area contributed by atoms with Crippen LogP contribution in [0, 0.1) is 0 Å². The zero-order valence-electron chi connectivity index (χ0n) is 12.2. The molecule has 4 rings (SSSR count). The Bertz CT molecular complexity index is 565. The summed E-state index contributed by atoms with van der Waals surface area (Å²) >= 11 is 0. The molecule has 0 bridgehead atoms. The predicted molar refractivity (Wildman–Crippen MR) is 81.6 cm³/mol. The van der Waals surface area contributed by atoms with E-state index < -0.39 is 0 Å². The van der Waals surface area contributed by atoms with Crippen molar-refractivity contribution in [1.82, 2.24) is 9.88 Å². The van der Waals surface area contributed by atoms with Crippen molar-refractivity contribution in [2.24, 2.45) is 0 Å². The van der Waals surface area contributed by atoms with Gasteiger partial charge in [-0.15, -0.1) is 0 Å². The molecule has 112 valence electrons. The number of para-hydroxylation sites is 2. The largest absolute Gasteiger partial charge is 0.423 e. The molecule has 0 unspecified atom stereocenters. The van der Waals surface area contributed by atoms with Gasteiger partial charge in [-0.05, 0) is 25.0 Å². The predicted octanol–water partition coefficient (Wildman–Crippen LogP) is 2.13. The zero-order chi connectivity index (χ0) is 14.1. The van der Waals surface area contributed by atoms with Crippen LogP contribution < -0.4 is 4.90 Å². The highest BCUT2D eigenvalue weighted by atomic mass is 16.5. The lowest BCUT2D eigenvalue weighted by Gasteiger charge is -2.34. The molecule has 5 nitrogen and oxygen atoms in total. The first-order chi connectivity index (χ1) is 10.4. The second-order valence-electron chi connectivity index (χ2n) is 5.89. The Labute approximate surface area is 124 Å². The summed E-state index contributed by atoms with van der Waals surface area (Å²) in [6, 6.07) is 8.70. The Morgan fingerprint density at radius 3 is 2.76 bits per heavy atom. The quantitative estimate of drug-likeness (QED) is 0.865. The van der Waals surface area contributed by atoms with Crippen molar-refractivity contribution in [2.75, 3.05) is 44.2 Å². The van der Waals surface area contributed by atoms with Crippen LogP contribution in [0.15, 0.2) is 28.7 Å². The van der Waals surface area contributed by atoms with Crippen LogP contribution in [-0.4, -0.2) is 55.3 Å². The fraction of sp³-hybridized carbons (Fsp3) is 0.562. The van der Waals surface area contributed by atoms with Gasteiger partial charge in [-0.25, -0.2) is 0 Å². The molecule has 2 aliphatic rings. The highest BCUT2D eigenvalue weighted by Crippen LogP contribution is 2.23. The van der Waals surface area contributed by atoms with Crippen LogP contribution in [0.3, 0.4) is 0 Å². The minimum Gasteiger partial charge on any atom is -0.423 e. The highest BCUT2D eigenvalue weighted by Gasteiger charge is 2.24. The number of hydrogen-bond acceptors (Lipinski definition) is 5. The van der Waals surface area contributed by atoms with Crippen LogP contribution in [-0.2, 0) is 4.74 Å². The van der Waals surface area contributed by atoms with Gasteiger partial charge in [-0.1, -0.05) is 12.1 Å². The Morgan fingerprint density at radius 2 is 2.00 bits per heavy atom. The number of hydrogen-bond donors (Lipinski definition) is 0. The second-order valence-corrected chi connectivity index (χ2v) is 5.89. The van der Waals surface area contributed by atoms with Crippen LogP contribution in [0.2, 0.25) is 0 Å². The average molecular weight is 287 g/mol. The molecular formula is C16H21N3O2. The number of rotatable bonds is 3. The summed E-state index contributed by atoms with van der Waals surface area (Å²) in [5.74, 6) is 0. The molecule has 0 aliphatic carbocycles. The monoisotopic (exact) mass is 287 g/mol. The SMILES string of the molecule is c1ccc2oc(N3CCN(C[C@@H]4CCCO4)CC3)nc2c1. The van der Waals surface area contributed by atoms with Gasteiger partial charge in [-0.3, -0.25) is 4.90 Å². The maximum absolute atomic E-state index is 5.85. The summed E-state index contributed by atoms with van der Waals surface area (Å²) in [5, 5.41) is 0. The average Bonchev–Trinajstić information content (AvgIpc) is 3.16. The van der Waals surface area contributed by atoms with Gasteiger partial charge < -0.3 is 14.1 Å². The maximum Gasteiger partial charge on any atom is 0.298 e. The molecule has 5 heteroatoms. The van der Waals surface area contributed by atoms with Gasteiger partial charge in [0.15, 0.2) is 5.58 Å². The Morgan fingerprint density at radius 1 is 1.14 bits per heavy atom. The lowest BCUT2D eigenvalue weighted by Crippen LogP contribution is -2.48. The number of oxazole rings is 1. The van der Waals surface area contributed by atoms with Gasteiger partial charge in [0.05, 0.1) is 6.10 Å². The molecule has 2 aromatic rings. The molecule has 1 aromatic heterocycles. The van der Waals surface area contributed by atoms with Gasteiger partial charge >= 0.3 is 0 Å². The summed E-state index contributed by atoms with van der Waals surface area (Å²) in [5.41, 5.74) is 1.81. The molecule has 0 amide bonds. The highest BCUT2D eigenvalue weighted by molar-refractivity contribution is 5.74. The van der Waals surface area contributed by atoms with Crippen molar-refractivity contribution >= 4 is 17.1 Å². The van der Waals surface area contributed by atoms with Crippen LogP contribution in [0.1, 0.15) is 12.8 Å². The third-order valence-electron chi connectivity index (χ3n) is 4.41. The molecule has 21 heavy (non-hydrogen) atoms. The first-order valence-electron chi connectivity index (χ1n) is 7.83. The summed E-state index contributed by atoms with van der Waals surface area (Å²) < 4.78 is 11.6. The Kier molecular flexibility index (Phi) is 3.53. The van der Waals surface area contributed by atoms with E-state index in [2.05, 4.69) is 14.8 Å². The smallest absolute Gasteiger partial charge is 0.298 e. The zero-order valence-corrected chi connectivity index (χ0v) is 12.2. The summed E-state index contributed by atoms with van der Waals surface area (Å²) in [6.07, 6.45) is 2.87. The van der Waals surface area contributed by atoms with E-state index in [1.807, 2.05) is 24.3 Å². The standard InChI is InChI=1S/C16H21N3O2/c1-2-6-15-14(5-1)17-16(21-15)19-9-7-18(8-10-19)12-13-4-3-11-20-13/h1-2,5-6,13H,3-4,7-12H2/t13-/m0/s1. The molecule has 0 saturated carbocycles. The van der Waals surface area contributed by atoms with Crippen LogP contribution in [0.5, 0.6) is 0 Å². The number of nitrogens with zero attached hydrogens (tertiary/aromatic N) is 3. The molecule has 0 spiro atoms. The second kappa shape index (κ2) is 5.66. The molecule has 2 saturated heterocycles. The fourth-order valence-electron chi connectivity index (χ4n) is 3.19. The van der Waals surface area contributed by atoms with E-state index in [9.17, 15) is 0 Å². The minimum atomic E-state index is 0.445. The molecule has 1 atom stereocenters. The number of anilines is 1. The number of piperazine rings is 1. The number of benzene rings is 1. The number of ether oxygens (including phenoxy) is 1. The van der Waals surface area contributed by atoms with Crippen LogP contribution >= 0.6 is 0 Å². The van der Waals surface area contributed by atoms with E-state index in [4.69, 9.17) is 9.15 Å². The topological polar surface area (TPSA) is 41.7 Å². The van der Waals surface area contributed by atoms with Gasteiger partial charge in [0, 0.05) is 39.3 Å². The maximum atomic E-state index is 5.85. The third-order valence-corrected chi connectivity index (χ3v) is 4.41. The van der Waals surface area contributed by atoms with Crippen molar-refractivity contribution in [1.29, 1.82) is 0 Å². The summed E-state index contributed by atoms with van der Waals surface area (Å²) in [6.45, 7) is 6.06. The van der Waals surface area contributed by atoms with E-state index in [1.165, 1.54) is 12.8 Å². The molecule has 2 aliphatic heterocycles. The van der Waals surface area contributed by atoms with Crippen LogP contribution in [0.4, 0.5) is 6.01 Å². The van der Waals surface area contributed by atoms with Gasteiger partial charge in [0.1, 0.15) is 5.52 Å². The fourth-order valence-corrected chi connectivity index (χ4v) is 3.19. The van der Waals surface area contributed by atoms with Gasteiger partial charge in [0.2, 0.25) is 0 Å². The first kappa shape index (κ1) is 13.1. The van der Waals surface area contributed by atoms with Crippen molar-refractivity contribution < 1.29 is 9.15 Å². The summed E-state index contributed by atoms with van der Waals surface area (Å²) in [4.78, 5) is 9.32. The van der Waals surface area contributed by atoms with E-state index in [0.717, 1.165) is 56.4 Å². The first-order valence-corrected chi connectivity index (χ1v) is 7.83. The van der Waals surface area contributed by atoms with Crippen molar-refractivity contribution in [2.45, 2.75) is 18.9 Å². The van der Waals surface area contributed by atoms with Gasteiger partial charge in [0.25, 0.3) is 6.01 Å². The van der Waals surface area contributed by atoms with E-state index in [0.29, 0.717) is 6.10 Å². The van der Waals surface area contributed by atoms with Gasteiger partial charge in [-0.2, -0.15) is 4.98 Å². The van der Waals surface area contributed by atoms with Crippen molar-refractivity contribution in [3.8, 4) is 0 Å². The molecule has 0 N–H and O–H groups in total. The number of aromatic nitrogens is 1. The van der Waals surface area contributed by atoms with E-state index in [-0.39, 0.29) is 0 Å². The molecule has 1 aromatic carbocycles. The molecule has 0 radical (unpaired) electrons. The lowest BCUT2D eigenvalue weighted by molar-refractivity contribution is 0.0710. The minimum absolute atomic E-state index is 0.445. The lowest BCUT2D eigenvalue weighted by atomic mass is 10.2. The summed E-state index contributed by atoms with van der Waals surface area (Å²) in [7, 11) is 0. The number of fused-ring (bicyclic) bond motifs is 1. The Hall–Kier alpha value is -1.59. The molecule has 3 heterocycles.